The molecule has 0 aliphatic carbocycles. The first-order chi connectivity index (χ1) is 10.5. The molecule has 0 fully saturated rings. The van der Waals surface area contributed by atoms with Crippen LogP contribution in [0.15, 0.2) is 42.5 Å². The summed E-state index contributed by atoms with van der Waals surface area (Å²) >= 11 is 0. The number of carboxylic acids is 1. The van der Waals surface area contributed by atoms with E-state index in [1.54, 1.807) is 30.3 Å². The Bertz CT molecular complexity index is 700. The predicted octanol–water partition coefficient (Wildman–Crippen LogP) is 3.31. The highest BCUT2D eigenvalue weighted by Gasteiger charge is 2.23. The Morgan fingerprint density at radius 1 is 1.32 bits per heavy atom. The molecule has 1 aliphatic rings. The van der Waals surface area contributed by atoms with E-state index in [0.717, 1.165) is 11.3 Å². The maximum Gasteiger partial charge on any atom is 0.335 e. The number of hydrogen-bond acceptors (Lipinski definition) is 3. The number of rotatable bonds is 3. The van der Waals surface area contributed by atoms with E-state index < -0.39 is 5.97 Å². The van der Waals surface area contributed by atoms with Crippen molar-refractivity contribution >= 4 is 11.7 Å². The SMILES string of the molecule is CC1CN(Cc2ccc(C(=O)O)cc2)c2cc(F)ccc2O1. The molecule has 114 valence electrons. The molecule has 1 atom stereocenters. The summed E-state index contributed by atoms with van der Waals surface area (Å²) in [5, 5.41) is 8.92. The number of carboxylic acid groups (broad SMARTS) is 1. The predicted molar refractivity (Wildman–Crippen MR) is 80.9 cm³/mol. The topological polar surface area (TPSA) is 49.8 Å². The Hall–Kier alpha value is -2.56. The minimum Gasteiger partial charge on any atom is -0.487 e. The maximum absolute atomic E-state index is 13.5. The van der Waals surface area contributed by atoms with Gasteiger partial charge in [-0.1, -0.05) is 12.1 Å². The number of carbonyl (C=O) groups is 1. The molecule has 0 amide bonds. The van der Waals surface area contributed by atoms with Crippen LogP contribution in [0.4, 0.5) is 10.1 Å². The highest BCUT2D eigenvalue weighted by Crippen LogP contribution is 2.34. The number of ether oxygens (including phenoxy) is 1. The van der Waals surface area contributed by atoms with E-state index >= 15 is 0 Å². The van der Waals surface area contributed by atoms with Crippen molar-refractivity contribution in [1.29, 1.82) is 0 Å². The molecule has 2 aromatic rings. The molecular weight excluding hydrogens is 285 g/mol. The summed E-state index contributed by atoms with van der Waals surface area (Å²) in [6.07, 6.45) is 0.0104. The van der Waals surface area contributed by atoms with Gasteiger partial charge < -0.3 is 14.7 Å². The van der Waals surface area contributed by atoms with E-state index in [9.17, 15) is 9.18 Å². The molecule has 2 aromatic carbocycles. The second-order valence-corrected chi connectivity index (χ2v) is 5.42. The largest absolute Gasteiger partial charge is 0.487 e. The summed E-state index contributed by atoms with van der Waals surface area (Å²) in [7, 11) is 0. The van der Waals surface area contributed by atoms with Gasteiger partial charge in [0.1, 0.15) is 17.7 Å². The number of hydrogen-bond donors (Lipinski definition) is 1. The van der Waals surface area contributed by atoms with Crippen molar-refractivity contribution in [3.63, 3.8) is 0 Å². The third-order valence-corrected chi connectivity index (χ3v) is 3.64. The van der Waals surface area contributed by atoms with Gasteiger partial charge in [0.15, 0.2) is 0 Å². The Morgan fingerprint density at radius 2 is 2.05 bits per heavy atom. The van der Waals surface area contributed by atoms with Crippen LogP contribution in [-0.2, 0) is 6.54 Å². The fraction of sp³-hybridized carbons (Fsp3) is 0.235. The molecule has 0 spiro atoms. The first-order valence-corrected chi connectivity index (χ1v) is 7.06. The molecule has 3 rings (SSSR count). The van der Waals surface area contributed by atoms with Crippen LogP contribution < -0.4 is 9.64 Å². The van der Waals surface area contributed by atoms with E-state index in [1.807, 2.05) is 11.8 Å². The van der Waals surface area contributed by atoms with Crippen molar-refractivity contribution < 1.29 is 19.0 Å². The number of aromatic carboxylic acids is 1. The number of fused-ring (bicyclic) bond motifs is 1. The van der Waals surface area contributed by atoms with Crippen molar-refractivity contribution in [2.45, 2.75) is 19.6 Å². The Kier molecular flexibility index (Phi) is 3.71. The average molecular weight is 301 g/mol. The van der Waals surface area contributed by atoms with Gasteiger partial charge in [0.05, 0.1) is 17.8 Å². The lowest BCUT2D eigenvalue weighted by Gasteiger charge is -2.35. The molecule has 0 aromatic heterocycles. The van der Waals surface area contributed by atoms with Crippen molar-refractivity contribution in [1.82, 2.24) is 0 Å². The zero-order valence-corrected chi connectivity index (χ0v) is 12.1. The summed E-state index contributed by atoms with van der Waals surface area (Å²) in [4.78, 5) is 12.9. The molecule has 22 heavy (non-hydrogen) atoms. The molecule has 1 unspecified atom stereocenters. The zero-order valence-electron chi connectivity index (χ0n) is 12.1. The van der Waals surface area contributed by atoms with Crippen molar-refractivity contribution in [3.8, 4) is 5.75 Å². The Morgan fingerprint density at radius 3 is 2.73 bits per heavy atom. The molecule has 0 bridgehead atoms. The highest BCUT2D eigenvalue weighted by molar-refractivity contribution is 5.87. The molecule has 0 radical (unpaired) electrons. The van der Waals surface area contributed by atoms with Crippen LogP contribution in [-0.4, -0.2) is 23.7 Å². The second kappa shape index (κ2) is 5.67. The summed E-state index contributed by atoms with van der Waals surface area (Å²) in [6.45, 7) is 3.19. The van der Waals surface area contributed by atoms with Crippen LogP contribution in [0.25, 0.3) is 0 Å². The van der Waals surface area contributed by atoms with Gasteiger partial charge in [-0.2, -0.15) is 0 Å². The second-order valence-electron chi connectivity index (χ2n) is 5.42. The first-order valence-electron chi connectivity index (χ1n) is 7.06. The molecule has 4 nitrogen and oxygen atoms in total. The Balaban J connectivity index is 1.86. The third kappa shape index (κ3) is 2.88. The first kappa shape index (κ1) is 14.4. The number of anilines is 1. The van der Waals surface area contributed by atoms with Crippen LogP contribution in [0.1, 0.15) is 22.8 Å². The Labute approximate surface area is 127 Å². The number of halogens is 1. The summed E-state index contributed by atoms with van der Waals surface area (Å²) in [6, 6.07) is 11.2. The molecule has 1 heterocycles. The highest BCUT2D eigenvalue weighted by atomic mass is 19.1. The van der Waals surface area contributed by atoms with Gasteiger partial charge in [-0.05, 0) is 36.8 Å². The average Bonchev–Trinajstić information content (AvgIpc) is 2.48. The third-order valence-electron chi connectivity index (χ3n) is 3.64. The monoisotopic (exact) mass is 301 g/mol. The van der Waals surface area contributed by atoms with Gasteiger partial charge in [-0.25, -0.2) is 9.18 Å². The van der Waals surface area contributed by atoms with Crippen LogP contribution >= 0.6 is 0 Å². The fourth-order valence-corrected chi connectivity index (χ4v) is 2.62. The van der Waals surface area contributed by atoms with Crippen LogP contribution in [0.3, 0.4) is 0 Å². The van der Waals surface area contributed by atoms with E-state index in [2.05, 4.69) is 0 Å². The van der Waals surface area contributed by atoms with Crippen molar-refractivity contribution in [2.75, 3.05) is 11.4 Å². The standard InChI is InChI=1S/C17H16FNO3/c1-11-9-19(15-8-14(18)6-7-16(15)22-11)10-12-2-4-13(5-3-12)17(20)21/h2-8,11H,9-10H2,1H3,(H,20,21). The summed E-state index contributed by atoms with van der Waals surface area (Å²) in [5.41, 5.74) is 1.94. The fourth-order valence-electron chi connectivity index (χ4n) is 2.62. The van der Waals surface area contributed by atoms with Gasteiger partial charge >= 0.3 is 5.97 Å². The lowest BCUT2D eigenvalue weighted by Crippen LogP contribution is -2.38. The lowest BCUT2D eigenvalue weighted by molar-refractivity contribution is 0.0697. The van der Waals surface area contributed by atoms with Crippen LogP contribution in [0, 0.1) is 5.82 Å². The molecule has 0 saturated heterocycles. The minimum absolute atomic E-state index is 0.0104. The molecule has 1 aliphatic heterocycles. The van der Waals surface area contributed by atoms with Crippen molar-refractivity contribution in [2.24, 2.45) is 0 Å². The smallest absolute Gasteiger partial charge is 0.335 e. The normalized spacial score (nSPS) is 16.8. The quantitative estimate of drug-likeness (QED) is 0.945. The molecule has 1 N–H and O–H groups in total. The van der Waals surface area contributed by atoms with Gasteiger partial charge in [-0.15, -0.1) is 0 Å². The van der Waals surface area contributed by atoms with Gasteiger partial charge in [0.2, 0.25) is 0 Å². The van der Waals surface area contributed by atoms with E-state index in [1.165, 1.54) is 12.1 Å². The summed E-state index contributed by atoms with van der Waals surface area (Å²) < 4.78 is 19.2. The molecule has 5 heteroatoms. The van der Waals surface area contributed by atoms with Crippen LogP contribution in [0.5, 0.6) is 5.75 Å². The minimum atomic E-state index is -0.945. The van der Waals surface area contributed by atoms with E-state index in [0.29, 0.717) is 18.8 Å². The van der Waals surface area contributed by atoms with Gasteiger partial charge in [0.25, 0.3) is 0 Å². The van der Waals surface area contributed by atoms with Gasteiger partial charge in [-0.3, -0.25) is 0 Å². The number of nitrogens with zero attached hydrogens (tertiary/aromatic N) is 1. The van der Waals surface area contributed by atoms with Crippen LogP contribution in [0.2, 0.25) is 0 Å². The molecule has 0 saturated carbocycles. The molecular formula is C17H16FNO3. The van der Waals surface area contributed by atoms with E-state index in [-0.39, 0.29) is 17.5 Å². The van der Waals surface area contributed by atoms with E-state index in [4.69, 9.17) is 9.84 Å². The van der Waals surface area contributed by atoms with Crippen molar-refractivity contribution in [3.05, 3.63) is 59.4 Å². The maximum atomic E-state index is 13.5. The zero-order chi connectivity index (χ0) is 15.7. The lowest BCUT2D eigenvalue weighted by atomic mass is 10.1. The summed E-state index contributed by atoms with van der Waals surface area (Å²) in [5.74, 6) is -0.579. The van der Waals surface area contributed by atoms with Gasteiger partial charge in [0, 0.05) is 12.6 Å². The number of benzene rings is 2.